The molecule has 3 rings (SSSR count). The lowest BCUT2D eigenvalue weighted by Gasteiger charge is -2.27. The lowest BCUT2D eigenvalue weighted by Crippen LogP contribution is -2.31. The van der Waals surface area contributed by atoms with Crippen molar-refractivity contribution in [3.05, 3.63) is 58.9 Å². The van der Waals surface area contributed by atoms with Crippen LogP contribution in [0, 0.1) is 0 Å². The Balaban J connectivity index is 2.39. The normalized spacial score (nSPS) is 14.0. The summed E-state index contributed by atoms with van der Waals surface area (Å²) in [6.45, 7) is 0. The third-order valence-electron chi connectivity index (χ3n) is 5.28. The summed E-state index contributed by atoms with van der Waals surface area (Å²) in [5, 5.41) is 0. The molecule has 0 aliphatic carbocycles. The van der Waals surface area contributed by atoms with E-state index in [4.69, 9.17) is 11.6 Å². The predicted octanol–water partition coefficient (Wildman–Crippen LogP) is 3.23. The van der Waals surface area contributed by atoms with Crippen LogP contribution in [0.25, 0.3) is 16.7 Å². The molecular formula is C21H19F6N5O4. The number of alkyl halides is 6. The number of ether oxygens (including phenoxy) is 2. The highest BCUT2D eigenvalue weighted by Gasteiger charge is 2.47. The third-order valence-corrected chi connectivity index (χ3v) is 5.28. The van der Waals surface area contributed by atoms with Crippen molar-refractivity contribution in [3.8, 4) is 5.69 Å². The Bertz CT molecular complexity index is 1260. The van der Waals surface area contributed by atoms with Crippen LogP contribution in [0.2, 0.25) is 0 Å². The molecule has 1 heterocycles. The average Bonchev–Trinajstić information content (AvgIpc) is 3.20. The van der Waals surface area contributed by atoms with Crippen molar-refractivity contribution in [1.29, 1.82) is 0 Å². The van der Waals surface area contributed by atoms with Gasteiger partial charge in [-0.1, -0.05) is 0 Å². The van der Waals surface area contributed by atoms with E-state index in [-0.39, 0.29) is 22.3 Å². The summed E-state index contributed by atoms with van der Waals surface area (Å²) in [5.41, 5.74) is 4.50. The molecule has 1 aromatic heterocycles. The van der Waals surface area contributed by atoms with E-state index in [1.807, 2.05) is 5.43 Å². The van der Waals surface area contributed by atoms with Crippen molar-refractivity contribution in [2.75, 3.05) is 14.2 Å². The second kappa shape index (κ2) is 9.75. The molecule has 0 aliphatic heterocycles. The number of nitrogens with one attached hydrogen (secondary N) is 1. The standard InChI is InChI=1S/C21H19F6N5O4/c1-35-16(20(22,23)24)11-6-10(7-12(15(11)18(28)33)17(36-2)21(25,26)27)32-8-30-13-5-9(19(34)31-29)3-4-14(13)32/h3-8,16-17H,29H2,1-2H3,(H2,28,33)(H,31,34). The zero-order chi connectivity index (χ0) is 27.0. The number of halogens is 6. The first-order valence-corrected chi connectivity index (χ1v) is 9.89. The fourth-order valence-electron chi connectivity index (χ4n) is 3.83. The minimum Gasteiger partial charge on any atom is -0.367 e. The molecule has 0 bridgehead atoms. The summed E-state index contributed by atoms with van der Waals surface area (Å²) >= 11 is 0. The maximum Gasteiger partial charge on any atom is 0.418 e. The molecule has 0 aliphatic rings. The van der Waals surface area contributed by atoms with Crippen LogP contribution < -0.4 is 17.0 Å². The van der Waals surface area contributed by atoms with E-state index in [1.54, 1.807) is 0 Å². The van der Waals surface area contributed by atoms with Crippen LogP contribution in [0.4, 0.5) is 26.3 Å². The second-order valence-electron chi connectivity index (χ2n) is 7.47. The van der Waals surface area contributed by atoms with Crippen molar-refractivity contribution in [2.45, 2.75) is 24.6 Å². The molecule has 0 radical (unpaired) electrons. The number of fused-ring (bicyclic) bond motifs is 1. The van der Waals surface area contributed by atoms with Gasteiger partial charge in [-0.15, -0.1) is 0 Å². The number of aromatic nitrogens is 2. The van der Waals surface area contributed by atoms with Crippen molar-refractivity contribution in [1.82, 2.24) is 15.0 Å². The Hall–Kier alpha value is -3.69. The SMILES string of the molecule is COC(c1cc(-n2cnc3cc(C(=O)NN)ccc32)cc(C(OC)C(F)(F)F)c1C(N)=O)C(F)(F)F. The summed E-state index contributed by atoms with van der Waals surface area (Å²) < 4.78 is 92.9. The zero-order valence-corrected chi connectivity index (χ0v) is 18.6. The molecule has 3 aromatic rings. The van der Waals surface area contributed by atoms with Crippen LogP contribution in [0.3, 0.4) is 0 Å². The van der Waals surface area contributed by atoms with E-state index in [2.05, 4.69) is 14.5 Å². The van der Waals surface area contributed by atoms with Crippen LogP contribution in [0.5, 0.6) is 0 Å². The Morgan fingerprint density at radius 2 is 1.50 bits per heavy atom. The van der Waals surface area contributed by atoms with Gasteiger partial charge in [-0.25, -0.2) is 10.8 Å². The van der Waals surface area contributed by atoms with Crippen molar-refractivity contribution in [3.63, 3.8) is 0 Å². The van der Waals surface area contributed by atoms with Gasteiger partial charge in [0.2, 0.25) is 5.91 Å². The van der Waals surface area contributed by atoms with E-state index in [0.717, 1.165) is 18.5 Å². The van der Waals surface area contributed by atoms with E-state index in [1.165, 1.54) is 22.8 Å². The first-order chi connectivity index (χ1) is 16.7. The second-order valence-corrected chi connectivity index (χ2v) is 7.47. The van der Waals surface area contributed by atoms with Crippen LogP contribution in [0.1, 0.15) is 44.1 Å². The third kappa shape index (κ3) is 4.98. The monoisotopic (exact) mass is 519 g/mol. The lowest BCUT2D eigenvalue weighted by molar-refractivity contribution is -0.217. The highest BCUT2D eigenvalue weighted by molar-refractivity contribution is 5.98. The largest absolute Gasteiger partial charge is 0.418 e. The molecule has 2 unspecified atom stereocenters. The highest BCUT2D eigenvalue weighted by atomic mass is 19.4. The summed E-state index contributed by atoms with van der Waals surface area (Å²) in [7, 11) is 1.37. The number of amides is 2. The number of nitrogens with zero attached hydrogens (tertiary/aromatic N) is 2. The lowest BCUT2D eigenvalue weighted by atomic mass is 9.91. The van der Waals surface area contributed by atoms with E-state index >= 15 is 0 Å². The molecule has 0 spiro atoms. The number of hydrogen-bond acceptors (Lipinski definition) is 6. The van der Waals surface area contributed by atoms with Gasteiger partial charge in [0, 0.05) is 36.6 Å². The molecule has 194 valence electrons. The molecule has 2 amide bonds. The number of primary amides is 1. The van der Waals surface area contributed by atoms with Gasteiger partial charge >= 0.3 is 12.4 Å². The fraction of sp³-hybridized carbons (Fsp3) is 0.286. The van der Waals surface area contributed by atoms with Crippen LogP contribution in [-0.2, 0) is 9.47 Å². The Morgan fingerprint density at radius 1 is 0.972 bits per heavy atom. The maximum atomic E-state index is 13.8. The van der Waals surface area contributed by atoms with E-state index < -0.39 is 53.1 Å². The van der Waals surface area contributed by atoms with Crippen molar-refractivity contribution >= 4 is 22.8 Å². The van der Waals surface area contributed by atoms with E-state index in [9.17, 15) is 35.9 Å². The van der Waals surface area contributed by atoms with Gasteiger partial charge in [-0.05, 0) is 30.3 Å². The summed E-state index contributed by atoms with van der Waals surface area (Å²) in [6.07, 6.45) is -14.7. The molecule has 9 nitrogen and oxygen atoms in total. The van der Waals surface area contributed by atoms with Gasteiger partial charge in [0.15, 0.2) is 12.2 Å². The quantitative estimate of drug-likeness (QED) is 0.190. The number of nitrogen functional groups attached to an aromatic ring is 1. The van der Waals surface area contributed by atoms with Gasteiger partial charge < -0.3 is 15.2 Å². The summed E-state index contributed by atoms with van der Waals surface area (Å²) in [5.74, 6) is 2.90. The number of hydrogen-bond donors (Lipinski definition) is 3. The van der Waals surface area contributed by atoms with Gasteiger partial charge in [-0.3, -0.25) is 19.6 Å². The van der Waals surface area contributed by atoms with Crippen molar-refractivity contribution < 1.29 is 45.4 Å². The topological polar surface area (TPSA) is 134 Å². The number of carbonyl (C=O) groups is 2. The minimum atomic E-state index is -5.11. The number of benzene rings is 2. The minimum absolute atomic E-state index is 0.105. The first-order valence-electron chi connectivity index (χ1n) is 9.89. The average molecular weight is 519 g/mol. The molecular weight excluding hydrogens is 500 g/mol. The van der Waals surface area contributed by atoms with Gasteiger partial charge in [0.25, 0.3) is 5.91 Å². The highest BCUT2D eigenvalue weighted by Crippen LogP contribution is 2.43. The Kier molecular flexibility index (Phi) is 7.29. The van der Waals surface area contributed by atoms with Gasteiger partial charge in [0.1, 0.15) is 6.33 Å². The number of hydrazine groups is 1. The molecule has 2 aromatic carbocycles. The molecule has 5 N–H and O–H groups in total. The zero-order valence-electron chi connectivity index (χ0n) is 18.6. The molecule has 2 atom stereocenters. The smallest absolute Gasteiger partial charge is 0.367 e. The predicted molar refractivity (Wildman–Crippen MR) is 113 cm³/mol. The fourth-order valence-corrected chi connectivity index (χ4v) is 3.83. The number of carbonyl (C=O) groups excluding carboxylic acids is 2. The maximum absolute atomic E-state index is 13.8. The summed E-state index contributed by atoms with van der Waals surface area (Å²) in [4.78, 5) is 28.0. The van der Waals surface area contributed by atoms with Gasteiger partial charge in [-0.2, -0.15) is 26.3 Å². The van der Waals surface area contributed by atoms with Crippen LogP contribution in [0.15, 0.2) is 36.7 Å². The first kappa shape index (κ1) is 26.9. The molecule has 15 heteroatoms. The van der Waals surface area contributed by atoms with E-state index in [0.29, 0.717) is 14.2 Å². The number of nitrogens with two attached hydrogens (primary N) is 2. The Labute approximate surface area is 198 Å². The number of rotatable bonds is 7. The number of methoxy groups -OCH3 is 2. The Morgan fingerprint density at radius 3 is 1.92 bits per heavy atom. The summed E-state index contributed by atoms with van der Waals surface area (Å²) in [6, 6.07) is 5.66. The molecule has 0 saturated carbocycles. The van der Waals surface area contributed by atoms with Crippen LogP contribution >= 0.6 is 0 Å². The molecule has 36 heavy (non-hydrogen) atoms. The molecule has 0 fully saturated rings. The number of imidazole rings is 1. The van der Waals surface area contributed by atoms with Crippen LogP contribution in [-0.4, -0.2) is 47.9 Å². The molecule has 0 saturated heterocycles. The van der Waals surface area contributed by atoms with Crippen molar-refractivity contribution in [2.24, 2.45) is 11.6 Å². The van der Waals surface area contributed by atoms with Gasteiger partial charge in [0.05, 0.1) is 16.6 Å².